The van der Waals surface area contributed by atoms with E-state index in [0.29, 0.717) is 25.7 Å². The van der Waals surface area contributed by atoms with E-state index in [2.05, 4.69) is 0 Å². The van der Waals surface area contributed by atoms with E-state index in [9.17, 15) is 4.79 Å². The maximum Gasteiger partial charge on any atom is 0.501 e. The minimum atomic E-state index is -2.84. The molecule has 1 atom stereocenters. The molecular weight excluding hydrogens is 252 g/mol. The van der Waals surface area contributed by atoms with Gasteiger partial charge in [0.05, 0.1) is 0 Å². The van der Waals surface area contributed by atoms with Gasteiger partial charge in [-0.25, -0.2) is 4.79 Å². The third-order valence-corrected chi connectivity index (χ3v) is 5.25. The summed E-state index contributed by atoms with van der Waals surface area (Å²) in [5.74, 6) is -0.956. The number of hydrogen-bond acceptors (Lipinski definition) is 4. The molecule has 0 fully saturated rings. The molecule has 0 heterocycles. The van der Waals surface area contributed by atoms with Crippen molar-refractivity contribution in [1.29, 1.82) is 0 Å². The van der Waals surface area contributed by atoms with E-state index >= 15 is 0 Å². The largest absolute Gasteiger partial charge is 0.501 e. The van der Waals surface area contributed by atoms with Crippen LogP contribution >= 0.6 is 0 Å². The van der Waals surface area contributed by atoms with Crippen molar-refractivity contribution in [2.45, 2.75) is 59.1 Å². The topological polar surface area (TPSA) is 65.0 Å². The highest BCUT2D eigenvalue weighted by molar-refractivity contribution is 6.60. The van der Waals surface area contributed by atoms with Gasteiger partial charge in [0.15, 0.2) is 0 Å². The third-order valence-electron chi connectivity index (χ3n) is 2.45. The predicted octanol–water partition coefficient (Wildman–Crippen LogP) is 2.68. The molecule has 0 aliphatic carbocycles. The lowest BCUT2D eigenvalue weighted by molar-refractivity contribution is -0.148. The van der Waals surface area contributed by atoms with Gasteiger partial charge in [-0.1, -0.05) is 27.7 Å². The molecule has 108 valence electrons. The summed E-state index contributed by atoms with van der Waals surface area (Å²) in [7, 11) is -2.84. The Bertz CT molecular complexity index is 227. The van der Waals surface area contributed by atoms with Crippen LogP contribution in [0.4, 0.5) is 0 Å². The van der Waals surface area contributed by atoms with Crippen molar-refractivity contribution in [3.05, 3.63) is 0 Å². The molecule has 0 spiro atoms. The van der Waals surface area contributed by atoms with Crippen LogP contribution in [-0.4, -0.2) is 39.2 Å². The quantitative estimate of drug-likeness (QED) is 0.589. The second kappa shape index (κ2) is 9.49. The highest BCUT2D eigenvalue weighted by atomic mass is 28.4. The SMILES string of the molecule is CCCO[Si](CC)(OCCC)OC(CC)C(=O)O. The van der Waals surface area contributed by atoms with Gasteiger partial charge in [-0.15, -0.1) is 0 Å². The third kappa shape index (κ3) is 5.95. The van der Waals surface area contributed by atoms with Crippen LogP contribution in [0.15, 0.2) is 0 Å². The molecule has 0 rings (SSSR count). The van der Waals surface area contributed by atoms with Crippen LogP contribution in [0.3, 0.4) is 0 Å². The second-order valence-corrected chi connectivity index (χ2v) is 6.97. The molecule has 0 amide bonds. The molecule has 0 aliphatic rings. The van der Waals surface area contributed by atoms with Crippen LogP contribution in [0, 0.1) is 0 Å². The molecule has 18 heavy (non-hydrogen) atoms. The second-order valence-electron chi connectivity index (χ2n) is 4.09. The minimum Gasteiger partial charge on any atom is -0.479 e. The normalized spacial score (nSPS) is 13.6. The van der Waals surface area contributed by atoms with Crippen LogP contribution in [0.1, 0.15) is 47.0 Å². The van der Waals surface area contributed by atoms with Crippen molar-refractivity contribution in [1.82, 2.24) is 0 Å². The zero-order valence-electron chi connectivity index (χ0n) is 11.9. The summed E-state index contributed by atoms with van der Waals surface area (Å²) in [6.07, 6.45) is 1.29. The van der Waals surface area contributed by atoms with Gasteiger partial charge in [0.2, 0.25) is 0 Å². The van der Waals surface area contributed by atoms with E-state index in [4.69, 9.17) is 18.4 Å². The Kier molecular flexibility index (Phi) is 9.26. The summed E-state index contributed by atoms with van der Waals surface area (Å²) < 4.78 is 17.2. The standard InChI is InChI=1S/C12H26O5Si/c1-5-9-15-18(8-4,16-10-6-2)17-11(7-3)12(13)14/h11H,5-10H2,1-4H3,(H,13,14). The van der Waals surface area contributed by atoms with Crippen molar-refractivity contribution in [2.24, 2.45) is 0 Å². The van der Waals surface area contributed by atoms with Gasteiger partial charge >= 0.3 is 14.8 Å². The Hall–Kier alpha value is -0.433. The number of aliphatic carboxylic acids is 1. The van der Waals surface area contributed by atoms with Gasteiger partial charge in [0.1, 0.15) is 6.10 Å². The average molecular weight is 278 g/mol. The molecule has 0 aromatic rings. The fourth-order valence-corrected chi connectivity index (χ4v) is 3.96. The van der Waals surface area contributed by atoms with Crippen molar-refractivity contribution in [3.8, 4) is 0 Å². The molecule has 5 nitrogen and oxygen atoms in total. The summed E-state index contributed by atoms with van der Waals surface area (Å²) in [5, 5.41) is 9.07. The highest BCUT2D eigenvalue weighted by Crippen LogP contribution is 2.20. The van der Waals surface area contributed by atoms with Crippen LogP contribution < -0.4 is 0 Å². The number of hydrogen-bond donors (Lipinski definition) is 1. The van der Waals surface area contributed by atoms with E-state index in [0.717, 1.165) is 12.8 Å². The summed E-state index contributed by atoms with van der Waals surface area (Å²) in [5.41, 5.74) is 0. The highest BCUT2D eigenvalue weighted by Gasteiger charge is 2.42. The molecule has 1 unspecified atom stereocenters. The van der Waals surface area contributed by atoms with Gasteiger partial charge < -0.3 is 18.4 Å². The fraction of sp³-hybridized carbons (Fsp3) is 0.917. The lowest BCUT2D eigenvalue weighted by Crippen LogP contribution is -2.49. The fourth-order valence-electron chi connectivity index (χ4n) is 1.44. The molecule has 0 aromatic carbocycles. The summed E-state index contributed by atoms with van der Waals surface area (Å²) in [4.78, 5) is 11.1. The first-order chi connectivity index (χ1) is 8.55. The van der Waals surface area contributed by atoms with Crippen LogP contribution in [0.25, 0.3) is 0 Å². The van der Waals surface area contributed by atoms with E-state index in [1.165, 1.54) is 0 Å². The molecular formula is C12H26O5Si. The van der Waals surface area contributed by atoms with Gasteiger partial charge in [0, 0.05) is 19.3 Å². The van der Waals surface area contributed by atoms with Gasteiger partial charge in [-0.2, -0.15) is 0 Å². The van der Waals surface area contributed by atoms with Gasteiger partial charge in [-0.3, -0.25) is 0 Å². The molecule has 0 bridgehead atoms. The Labute approximate surface area is 111 Å². The zero-order valence-corrected chi connectivity index (χ0v) is 12.9. The zero-order chi connectivity index (χ0) is 14.0. The van der Waals surface area contributed by atoms with Gasteiger partial charge in [-0.05, 0) is 19.3 Å². The van der Waals surface area contributed by atoms with Crippen LogP contribution in [-0.2, 0) is 18.1 Å². The van der Waals surface area contributed by atoms with E-state index in [1.54, 1.807) is 6.92 Å². The molecule has 0 radical (unpaired) electrons. The minimum absolute atomic E-state index is 0.412. The molecule has 0 saturated heterocycles. The Balaban J connectivity index is 4.73. The van der Waals surface area contributed by atoms with E-state index < -0.39 is 20.9 Å². The van der Waals surface area contributed by atoms with E-state index in [1.807, 2.05) is 20.8 Å². The monoisotopic (exact) mass is 278 g/mol. The molecule has 6 heteroatoms. The van der Waals surface area contributed by atoms with Crippen molar-refractivity contribution >= 4 is 14.8 Å². The molecule has 0 aliphatic heterocycles. The van der Waals surface area contributed by atoms with Crippen LogP contribution in [0.2, 0.25) is 6.04 Å². The number of carboxylic acid groups (broad SMARTS) is 1. The van der Waals surface area contributed by atoms with Crippen molar-refractivity contribution in [3.63, 3.8) is 0 Å². The summed E-state index contributed by atoms with van der Waals surface area (Å²) in [6.45, 7) is 8.80. The maximum absolute atomic E-state index is 11.1. The predicted molar refractivity (Wildman–Crippen MR) is 71.5 cm³/mol. The van der Waals surface area contributed by atoms with Gasteiger partial charge in [0.25, 0.3) is 0 Å². The molecule has 1 N–H and O–H groups in total. The average Bonchev–Trinajstić information content (AvgIpc) is 2.38. The summed E-state index contributed by atoms with van der Waals surface area (Å²) >= 11 is 0. The Morgan fingerprint density at radius 1 is 1.11 bits per heavy atom. The van der Waals surface area contributed by atoms with E-state index in [-0.39, 0.29) is 0 Å². The molecule has 0 saturated carbocycles. The van der Waals surface area contributed by atoms with Crippen LogP contribution in [0.5, 0.6) is 0 Å². The lowest BCUT2D eigenvalue weighted by atomic mass is 10.3. The smallest absolute Gasteiger partial charge is 0.479 e. The van der Waals surface area contributed by atoms with Crippen molar-refractivity contribution < 1.29 is 23.2 Å². The maximum atomic E-state index is 11.1. The molecule has 0 aromatic heterocycles. The first-order valence-electron chi connectivity index (χ1n) is 6.73. The first kappa shape index (κ1) is 17.6. The Morgan fingerprint density at radius 3 is 1.89 bits per heavy atom. The lowest BCUT2D eigenvalue weighted by Gasteiger charge is -2.31. The van der Waals surface area contributed by atoms with Crippen molar-refractivity contribution in [2.75, 3.05) is 13.2 Å². The number of carbonyl (C=O) groups is 1. The Morgan fingerprint density at radius 2 is 1.61 bits per heavy atom. The number of rotatable bonds is 11. The summed E-state index contributed by atoms with van der Waals surface area (Å²) in [6, 6.07) is 0.594. The first-order valence-corrected chi connectivity index (χ1v) is 8.66. The number of carboxylic acids is 1.